The molecule has 0 atom stereocenters. The summed E-state index contributed by atoms with van der Waals surface area (Å²) in [6.07, 6.45) is 0. The maximum absolute atomic E-state index is 6.33. The van der Waals surface area contributed by atoms with Gasteiger partial charge in [0.05, 0.1) is 0 Å². The zero-order chi connectivity index (χ0) is 25.5. The van der Waals surface area contributed by atoms with Gasteiger partial charge >= 0.3 is 0 Å². The van der Waals surface area contributed by atoms with Gasteiger partial charge in [0.25, 0.3) is 0 Å². The van der Waals surface area contributed by atoms with E-state index in [1.165, 1.54) is 0 Å². The molecule has 0 spiro atoms. The molecule has 0 radical (unpaired) electrons. The van der Waals surface area contributed by atoms with Crippen LogP contribution in [0.3, 0.4) is 0 Å². The molecule has 0 bridgehead atoms. The van der Waals surface area contributed by atoms with Crippen molar-refractivity contribution < 1.29 is 13.3 Å². The van der Waals surface area contributed by atoms with E-state index in [-0.39, 0.29) is 7.43 Å². The zero-order valence-electron chi connectivity index (χ0n) is 20.8. The minimum absolute atomic E-state index is 0. The quantitative estimate of drug-likeness (QED) is 0.229. The molecule has 0 N–H and O–H groups in total. The van der Waals surface area contributed by atoms with Crippen LogP contribution in [0.5, 0.6) is 0 Å². The molecular formula is C37H24O3. The van der Waals surface area contributed by atoms with E-state index < -0.39 is 0 Å². The molecule has 0 aliphatic heterocycles. The topological polar surface area (TPSA) is 39.4 Å². The normalized spacial score (nSPS) is 11.8. The van der Waals surface area contributed by atoms with Crippen molar-refractivity contribution in [3.05, 3.63) is 121 Å². The van der Waals surface area contributed by atoms with E-state index in [0.29, 0.717) is 0 Å². The molecule has 3 heterocycles. The third-order valence-electron chi connectivity index (χ3n) is 7.90. The molecule has 0 aliphatic carbocycles. The maximum atomic E-state index is 6.33. The number of benzene rings is 6. The average Bonchev–Trinajstić information content (AvgIpc) is 3.67. The van der Waals surface area contributed by atoms with E-state index in [4.69, 9.17) is 13.3 Å². The zero-order valence-corrected chi connectivity index (χ0v) is 20.8. The molecule has 9 aromatic rings. The highest BCUT2D eigenvalue weighted by Gasteiger charge is 2.16. The van der Waals surface area contributed by atoms with Crippen LogP contribution in [0, 0.1) is 0 Å². The van der Waals surface area contributed by atoms with Gasteiger partial charge in [-0.3, -0.25) is 0 Å². The van der Waals surface area contributed by atoms with Crippen LogP contribution in [0.1, 0.15) is 7.43 Å². The lowest BCUT2D eigenvalue weighted by molar-refractivity contribution is 0.668. The summed E-state index contributed by atoms with van der Waals surface area (Å²) in [5.41, 5.74) is 9.68. The number of fused-ring (bicyclic) bond motifs is 9. The molecule has 3 heteroatoms. The second kappa shape index (κ2) is 8.36. The Kier molecular flexibility index (Phi) is 4.74. The summed E-state index contributed by atoms with van der Waals surface area (Å²) in [5.74, 6) is 0. The average molecular weight is 517 g/mol. The molecule has 0 saturated heterocycles. The Morgan fingerprint density at radius 2 is 0.750 bits per heavy atom. The van der Waals surface area contributed by atoms with Gasteiger partial charge in [-0.1, -0.05) is 92.4 Å². The Morgan fingerprint density at radius 1 is 0.325 bits per heavy atom. The monoisotopic (exact) mass is 516 g/mol. The van der Waals surface area contributed by atoms with Crippen molar-refractivity contribution in [3.8, 4) is 22.3 Å². The van der Waals surface area contributed by atoms with E-state index in [0.717, 1.165) is 88.1 Å². The van der Waals surface area contributed by atoms with Gasteiger partial charge in [-0.15, -0.1) is 0 Å². The van der Waals surface area contributed by atoms with Crippen molar-refractivity contribution in [1.29, 1.82) is 0 Å². The predicted molar refractivity (Wildman–Crippen MR) is 166 cm³/mol. The summed E-state index contributed by atoms with van der Waals surface area (Å²) in [6.45, 7) is 0. The van der Waals surface area contributed by atoms with Gasteiger partial charge in [0.2, 0.25) is 0 Å². The summed E-state index contributed by atoms with van der Waals surface area (Å²) in [5, 5.41) is 6.67. The first-order chi connectivity index (χ1) is 19.3. The SMILES string of the molecule is C.c1ccc2c(c1)oc1c(-c3ccc4oc5ccc(-c6cccc7c6oc6ccccc67)cc5c4c3)cccc12. The molecule has 3 aromatic heterocycles. The molecular weight excluding hydrogens is 492 g/mol. The Hall–Kier alpha value is -5.28. The Morgan fingerprint density at radius 3 is 1.25 bits per heavy atom. The maximum Gasteiger partial charge on any atom is 0.143 e. The van der Waals surface area contributed by atoms with Gasteiger partial charge in [0, 0.05) is 43.4 Å². The van der Waals surface area contributed by atoms with Crippen LogP contribution in [0.25, 0.3) is 88.1 Å². The molecule has 9 rings (SSSR count). The molecule has 0 aliphatic rings. The van der Waals surface area contributed by atoms with Gasteiger partial charge in [-0.05, 0) is 47.5 Å². The van der Waals surface area contributed by atoms with Gasteiger partial charge in [-0.2, -0.15) is 0 Å². The minimum atomic E-state index is 0. The summed E-state index contributed by atoms with van der Waals surface area (Å²) in [7, 11) is 0. The molecule has 190 valence electrons. The highest BCUT2D eigenvalue weighted by Crippen LogP contribution is 2.41. The molecule has 0 fully saturated rings. The van der Waals surface area contributed by atoms with Crippen LogP contribution < -0.4 is 0 Å². The lowest BCUT2D eigenvalue weighted by Crippen LogP contribution is -1.80. The lowest BCUT2D eigenvalue weighted by atomic mass is 9.98. The first-order valence-electron chi connectivity index (χ1n) is 13.1. The smallest absolute Gasteiger partial charge is 0.143 e. The Balaban J connectivity index is 0.00000245. The predicted octanol–water partition coefficient (Wildman–Crippen LogP) is 11.4. The van der Waals surface area contributed by atoms with Crippen molar-refractivity contribution in [3.63, 3.8) is 0 Å². The van der Waals surface area contributed by atoms with Crippen LogP contribution in [0.2, 0.25) is 0 Å². The summed E-state index contributed by atoms with van der Waals surface area (Å²) >= 11 is 0. The fraction of sp³-hybridized carbons (Fsp3) is 0.0270. The first kappa shape index (κ1) is 22.7. The van der Waals surface area contributed by atoms with Gasteiger partial charge in [0.15, 0.2) is 0 Å². The van der Waals surface area contributed by atoms with Gasteiger partial charge in [0.1, 0.15) is 33.5 Å². The van der Waals surface area contributed by atoms with Crippen LogP contribution in [0.4, 0.5) is 0 Å². The number of para-hydroxylation sites is 4. The standard InChI is InChI=1S/C36H20O3.CH4/c1-3-13-31-25(7-1)27-11-5-9-23(35(27)38-31)21-15-17-33-29(19-21)30-20-22(16-18-34(30)37-33)24-10-6-12-28-26-8-2-4-14-32(26)39-36(24)28;/h1-20H;1H4. The number of hydrogen-bond donors (Lipinski definition) is 0. The highest BCUT2D eigenvalue weighted by molar-refractivity contribution is 6.13. The van der Waals surface area contributed by atoms with E-state index in [2.05, 4.69) is 97.1 Å². The van der Waals surface area contributed by atoms with E-state index in [9.17, 15) is 0 Å². The van der Waals surface area contributed by atoms with Crippen molar-refractivity contribution in [1.82, 2.24) is 0 Å². The van der Waals surface area contributed by atoms with Crippen LogP contribution in [-0.2, 0) is 0 Å². The molecule has 0 saturated carbocycles. The molecule has 0 amide bonds. The van der Waals surface area contributed by atoms with Gasteiger partial charge < -0.3 is 13.3 Å². The molecule has 0 unspecified atom stereocenters. The number of rotatable bonds is 2. The second-order valence-corrected chi connectivity index (χ2v) is 10.1. The van der Waals surface area contributed by atoms with Crippen molar-refractivity contribution in [2.75, 3.05) is 0 Å². The van der Waals surface area contributed by atoms with Gasteiger partial charge in [-0.25, -0.2) is 0 Å². The first-order valence-corrected chi connectivity index (χ1v) is 13.1. The fourth-order valence-corrected chi connectivity index (χ4v) is 6.06. The summed E-state index contributed by atoms with van der Waals surface area (Å²) in [6, 6.07) is 41.9. The van der Waals surface area contributed by atoms with E-state index in [1.54, 1.807) is 0 Å². The number of furan rings is 3. The van der Waals surface area contributed by atoms with Crippen molar-refractivity contribution >= 4 is 65.8 Å². The summed E-state index contributed by atoms with van der Waals surface area (Å²) in [4.78, 5) is 0. The van der Waals surface area contributed by atoms with E-state index >= 15 is 0 Å². The lowest BCUT2D eigenvalue weighted by Gasteiger charge is -2.04. The minimum Gasteiger partial charge on any atom is -0.456 e. The highest BCUT2D eigenvalue weighted by atomic mass is 16.3. The van der Waals surface area contributed by atoms with Crippen molar-refractivity contribution in [2.45, 2.75) is 7.43 Å². The number of hydrogen-bond acceptors (Lipinski definition) is 3. The molecule has 3 nitrogen and oxygen atoms in total. The third kappa shape index (κ3) is 3.12. The molecule has 6 aromatic carbocycles. The third-order valence-corrected chi connectivity index (χ3v) is 7.90. The fourth-order valence-electron chi connectivity index (χ4n) is 6.06. The Bertz CT molecular complexity index is 2230. The van der Waals surface area contributed by atoms with Crippen LogP contribution >= 0.6 is 0 Å². The second-order valence-electron chi connectivity index (χ2n) is 10.1. The largest absolute Gasteiger partial charge is 0.456 e. The van der Waals surface area contributed by atoms with Crippen LogP contribution in [0.15, 0.2) is 135 Å². The van der Waals surface area contributed by atoms with Crippen molar-refractivity contribution in [2.24, 2.45) is 0 Å². The Labute approximate surface area is 229 Å². The van der Waals surface area contributed by atoms with E-state index in [1.807, 2.05) is 24.3 Å². The summed E-state index contributed by atoms with van der Waals surface area (Å²) < 4.78 is 18.9. The molecule has 40 heavy (non-hydrogen) atoms. The van der Waals surface area contributed by atoms with Crippen LogP contribution in [-0.4, -0.2) is 0 Å².